The van der Waals surface area contributed by atoms with Gasteiger partial charge in [-0.1, -0.05) is 125 Å². The first-order valence-corrected chi connectivity index (χ1v) is 21.9. The Labute approximate surface area is 349 Å². The molecule has 1 unspecified atom stereocenters. The molecule has 0 radical (unpaired) electrons. The third-order valence-corrected chi connectivity index (χ3v) is 13.8. The Morgan fingerprint density at radius 3 is 1.42 bits per heavy atom. The predicted octanol–water partition coefficient (Wildman–Crippen LogP) is 16.4. The third-order valence-electron chi connectivity index (χ3n) is 12.6. The number of aromatic nitrogens is 2. The van der Waals surface area contributed by atoms with Crippen molar-refractivity contribution in [3.63, 3.8) is 0 Å². The summed E-state index contributed by atoms with van der Waals surface area (Å²) in [6.07, 6.45) is 1.21. The SMILES string of the molecule is CC(C)CC(c1ccc(-n2c3ccccc3c3cc(-c4ccc5sc6ccc(-c7cccc(-n8c9ccccc9c9ccccc98)c7)cc6c5c4)ccc32)cc1)C(C)C. The molecule has 3 heteroatoms. The highest BCUT2D eigenvalue weighted by molar-refractivity contribution is 7.25. The molecule has 1 atom stereocenters. The zero-order valence-electron chi connectivity index (χ0n) is 34.0. The van der Waals surface area contributed by atoms with Crippen molar-refractivity contribution in [3.8, 4) is 33.6 Å². The van der Waals surface area contributed by atoms with Crippen LogP contribution in [0.4, 0.5) is 0 Å². The van der Waals surface area contributed by atoms with E-state index in [0.717, 1.165) is 0 Å². The van der Waals surface area contributed by atoms with E-state index in [1.54, 1.807) is 0 Å². The van der Waals surface area contributed by atoms with E-state index in [-0.39, 0.29) is 0 Å². The van der Waals surface area contributed by atoms with Gasteiger partial charge in [0, 0.05) is 53.1 Å². The minimum atomic E-state index is 0.567. The first-order chi connectivity index (χ1) is 28.9. The smallest absolute Gasteiger partial charge is 0.0541 e. The van der Waals surface area contributed by atoms with Crippen LogP contribution in [0.25, 0.3) is 97.4 Å². The van der Waals surface area contributed by atoms with E-state index in [1.807, 2.05) is 11.3 Å². The summed E-state index contributed by atoms with van der Waals surface area (Å²) in [5, 5.41) is 7.74. The Bertz CT molecular complexity index is 3320. The largest absolute Gasteiger partial charge is 0.309 e. The fourth-order valence-electron chi connectivity index (χ4n) is 9.76. The standard InChI is InChI=1S/C56H46N2S/c1-35(2)30-47(36(3)4)37-20-25-42(26-21-37)57-53-19-10-7-16-46(53)48-32-39(22-27-54(48)57)41-24-29-56-50(34-41)49-33-40(23-28-55(49)59-56)38-12-11-13-43(31-38)58-51-17-8-5-14-44(51)45-15-6-9-18-52(45)58/h5-29,31-36,47H,30H2,1-4H3. The van der Waals surface area contributed by atoms with Gasteiger partial charge in [0.05, 0.1) is 22.1 Å². The summed E-state index contributed by atoms with van der Waals surface area (Å²) in [4.78, 5) is 0. The van der Waals surface area contributed by atoms with Crippen molar-refractivity contribution in [2.45, 2.75) is 40.0 Å². The molecule has 0 amide bonds. The van der Waals surface area contributed by atoms with Gasteiger partial charge in [-0.05, 0) is 131 Å². The predicted molar refractivity (Wildman–Crippen MR) is 256 cm³/mol. The summed E-state index contributed by atoms with van der Waals surface area (Å²) < 4.78 is 7.47. The van der Waals surface area contributed by atoms with E-state index in [9.17, 15) is 0 Å². The Hall–Kier alpha value is -6.42. The summed E-state index contributed by atoms with van der Waals surface area (Å²) in [6.45, 7) is 9.38. The monoisotopic (exact) mass is 778 g/mol. The average molecular weight is 779 g/mol. The van der Waals surface area contributed by atoms with Crippen molar-refractivity contribution in [3.05, 3.63) is 181 Å². The van der Waals surface area contributed by atoms with Gasteiger partial charge in [0.1, 0.15) is 0 Å². The topological polar surface area (TPSA) is 9.86 Å². The Morgan fingerprint density at radius 2 is 0.864 bits per heavy atom. The lowest BCUT2D eigenvalue weighted by atomic mass is 9.82. The molecule has 0 aliphatic carbocycles. The van der Waals surface area contributed by atoms with Crippen LogP contribution in [0.5, 0.6) is 0 Å². The summed E-state index contributed by atoms with van der Waals surface area (Å²) >= 11 is 1.88. The quantitative estimate of drug-likeness (QED) is 0.145. The molecular formula is C56H46N2S. The number of rotatable bonds is 8. The Morgan fingerprint density at radius 1 is 0.390 bits per heavy atom. The van der Waals surface area contributed by atoms with Crippen molar-refractivity contribution in [1.82, 2.24) is 9.13 Å². The lowest BCUT2D eigenvalue weighted by Gasteiger charge is -2.23. The van der Waals surface area contributed by atoms with Crippen LogP contribution >= 0.6 is 11.3 Å². The molecule has 0 fully saturated rings. The molecule has 0 N–H and O–H groups in total. The summed E-state index contributed by atoms with van der Waals surface area (Å²) in [6, 6.07) is 65.8. The first-order valence-electron chi connectivity index (χ1n) is 21.1. The lowest BCUT2D eigenvalue weighted by Crippen LogP contribution is -2.10. The van der Waals surface area contributed by atoms with Gasteiger partial charge in [-0.15, -0.1) is 11.3 Å². The molecule has 2 nitrogen and oxygen atoms in total. The van der Waals surface area contributed by atoms with Gasteiger partial charge in [0.25, 0.3) is 0 Å². The maximum Gasteiger partial charge on any atom is 0.0541 e. The van der Waals surface area contributed by atoms with Crippen molar-refractivity contribution >= 4 is 75.1 Å². The molecule has 0 aliphatic heterocycles. The highest BCUT2D eigenvalue weighted by atomic mass is 32.1. The molecule has 0 bridgehead atoms. The fourth-order valence-corrected chi connectivity index (χ4v) is 10.8. The summed E-state index contributed by atoms with van der Waals surface area (Å²) in [5.74, 6) is 1.85. The molecular weight excluding hydrogens is 733 g/mol. The van der Waals surface area contributed by atoms with Gasteiger partial charge in [0.15, 0.2) is 0 Å². The normalized spacial score (nSPS) is 12.7. The summed E-state index contributed by atoms with van der Waals surface area (Å²) in [5.41, 5.74) is 13.7. The Balaban J connectivity index is 0.979. The highest BCUT2D eigenvalue weighted by Crippen LogP contribution is 2.41. The molecule has 3 heterocycles. The van der Waals surface area contributed by atoms with E-state index >= 15 is 0 Å². The first kappa shape index (κ1) is 35.7. The second-order valence-corrected chi connectivity index (χ2v) is 18.2. The fraction of sp³-hybridized carbons (Fsp3) is 0.143. The van der Waals surface area contributed by atoms with Crippen LogP contribution in [0, 0.1) is 11.8 Å². The van der Waals surface area contributed by atoms with Gasteiger partial charge in [-0.3, -0.25) is 0 Å². The average Bonchev–Trinajstić information content (AvgIpc) is 3.92. The van der Waals surface area contributed by atoms with Crippen molar-refractivity contribution in [1.29, 1.82) is 0 Å². The molecule has 11 rings (SSSR count). The van der Waals surface area contributed by atoms with Crippen LogP contribution in [0.3, 0.4) is 0 Å². The second-order valence-electron chi connectivity index (χ2n) is 17.1. The van der Waals surface area contributed by atoms with Crippen LogP contribution < -0.4 is 0 Å². The number of nitrogens with zero attached hydrogens (tertiary/aromatic N) is 2. The molecule has 0 aliphatic rings. The van der Waals surface area contributed by atoms with Crippen LogP contribution in [0.2, 0.25) is 0 Å². The van der Waals surface area contributed by atoms with E-state index in [2.05, 4.69) is 213 Å². The van der Waals surface area contributed by atoms with E-state index in [4.69, 9.17) is 0 Å². The van der Waals surface area contributed by atoms with Crippen molar-refractivity contribution in [2.75, 3.05) is 0 Å². The van der Waals surface area contributed by atoms with E-state index in [1.165, 1.54) is 109 Å². The summed E-state index contributed by atoms with van der Waals surface area (Å²) in [7, 11) is 0. The van der Waals surface area contributed by atoms with Crippen molar-refractivity contribution in [2.24, 2.45) is 11.8 Å². The zero-order chi connectivity index (χ0) is 39.8. The Kier molecular flexibility index (Phi) is 8.56. The minimum Gasteiger partial charge on any atom is -0.309 e. The molecule has 0 saturated carbocycles. The van der Waals surface area contributed by atoms with Crippen LogP contribution in [0.15, 0.2) is 176 Å². The number of para-hydroxylation sites is 3. The van der Waals surface area contributed by atoms with Gasteiger partial charge >= 0.3 is 0 Å². The number of hydrogen-bond acceptors (Lipinski definition) is 1. The van der Waals surface area contributed by atoms with Crippen molar-refractivity contribution < 1.29 is 0 Å². The number of fused-ring (bicyclic) bond motifs is 9. The zero-order valence-corrected chi connectivity index (χ0v) is 34.8. The molecule has 8 aromatic carbocycles. The molecule has 59 heavy (non-hydrogen) atoms. The molecule has 0 spiro atoms. The van der Waals surface area contributed by atoms with Crippen LogP contribution in [-0.4, -0.2) is 9.13 Å². The van der Waals surface area contributed by atoms with Crippen LogP contribution in [-0.2, 0) is 0 Å². The maximum atomic E-state index is 2.44. The maximum absolute atomic E-state index is 2.44. The lowest BCUT2D eigenvalue weighted by molar-refractivity contribution is 0.408. The van der Waals surface area contributed by atoms with E-state index in [0.29, 0.717) is 17.8 Å². The van der Waals surface area contributed by atoms with Crippen LogP contribution in [0.1, 0.15) is 45.6 Å². The number of hydrogen-bond donors (Lipinski definition) is 0. The highest BCUT2D eigenvalue weighted by Gasteiger charge is 2.19. The van der Waals surface area contributed by atoms with Gasteiger partial charge in [0.2, 0.25) is 0 Å². The molecule has 0 saturated heterocycles. The second kappa shape index (κ2) is 14.1. The minimum absolute atomic E-state index is 0.567. The molecule has 286 valence electrons. The number of thiophene rings is 1. The van der Waals surface area contributed by atoms with Gasteiger partial charge in [-0.25, -0.2) is 0 Å². The van der Waals surface area contributed by atoms with Gasteiger partial charge in [-0.2, -0.15) is 0 Å². The van der Waals surface area contributed by atoms with Gasteiger partial charge < -0.3 is 9.13 Å². The molecule has 3 aromatic heterocycles. The third kappa shape index (κ3) is 5.98. The number of benzene rings is 8. The van der Waals surface area contributed by atoms with E-state index < -0.39 is 0 Å². The molecule has 11 aromatic rings.